The minimum Gasteiger partial charge on any atom is -0.243 e. The number of hydrazine groups is 1. The molecular formula is C11H15ClN2. The van der Waals surface area contributed by atoms with E-state index in [1.807, 2.05) is 6.07 Å². The van der Waals surface area contributed by atoms with E-state index in [0.29, 0.717) is 6.04 Å². The number of benzene rings is 1. The molecule has 1 aromatic rings. The summed E-state index contributed by atoms with van der Waals surface area (Å²) in [6, 6.07) is 11.0. The lowest BCUT2D eigenvalue weighted by Gasteiger charge is -2.18. The molecule has 0 bridgehead atoms. The van der Waals surface area contributed by atoms with Crippen LogP contribution in [-0.2, 0) is 6.42 Å². The van der Waals surface area contributed by atoms with E-state index in [2.05, 4.69) is 41.7 Å². The molecule has 0 radical (unpaired) electrons. The molecule has 1 aromatic carbocycles. The fourth-order valence-electron chi connectivity index (χ4n) is 1.88. The molecule has 2 rings (SSSR count). The van der Waals surface area contributed by atoms with Crippen LogP contribution in [0, 0.1) is 0 Å². The van der Waals surface area contributed by atoms with Crippen LogP contribution in [0.25, 0.3) is 0 Å². The van der Waals surface area contributed by atoms with Gasteiger partial charge in [-0.05, 0) is 18.4 Å². The third kappa shape index (κ3) is 2.27. The van der Waals surface area contributed by atoms with Crippen molar-refractivity contribution in [3.8, 4) is 0 Å². The lowest BCUT2D eigenvalue weighted by molar-refractivity contribution is 0.233. The smallest absolute Gasteiger partial charge is 0.0969 e. The molecule has 0 aliphatic carbocycles. The molecule has 1 heterocycles. The molecule has 1 fully saturated rings. The summed E-state index contributed by atoms with van der Waals surface area (Å²) in [4.78, 5) is 0. The summed E-state index contributed by atoms with van der Waals surface area (Å²) in [5.41, 5.74) is 4.65. The number of hydrogen-bond acceptors (Lipinski definition) is 2. The summed E-state index contributed by atoms with van der Waals surface area (Å²) in [5.74, 6) is 0. The Morgan fingerprint density at radius 3 is 2.71 bits per heavy atom. The van der Waals surface area contributed by atoms with Gasteiger partial charge in [-0.15, -0.1) is 11.6 Å². The van der Waals surface area contributed by atoms with Crippen LogP contribution in [0.4, 0.5) is 0 Å². The van der Waals surface area contributed by atoms with Gasteiger partial charge in [0.25, 0.3) is 0 Å². The number of nitrogens with one attached hydrogen (secondary N) is 1. The number of nitrogens with zero attached hydrogens (tertiary/aromatic N) is 1. The van der Waals surface area contributed by atoms with Crippen molar-refractivity contribution in [2.45, 2.75) is 24.4 Å². The highest BCUT2D eigenvalue weighted by Crippen LogP contribution is 2.19. The molecule has 0 aromatic heterocycles. The van der Waals surface area contributed by atoms with E-state index in [9.17, 15) is 0 Å². The number of rotatable bonds is 2. The summed E-state index contributed by atoms with van der Waals surface area (Å²) in [6.07, 6.45) is 2.07. The summed E-state index contributed by atoms with van der Waals surface area (Å²) < 4.78 is 0. The van der Waals surface area contributed by atoms with Gasteiger partial charge >= 0.3 is 0 Å². The maximum Gasteiger partial charge on any atom is 0.0969 e. The minimum absolute atomic E-state index is 0.0914. The Morgan fingerprint density at radius 1 is 1.43 bits per heavy atom. The van der Waals surface area contributed by atoms with Gasteiger partial charge in [-0.1, -0.05) is 30.3 Å². The van der Waals surface area contributed by atoms with E-state index >= 15 is 0 Å². The van der Waals surface area contributed by atoms with Gasteiger partial charge in [0.15, 0.2) is 0 Å². The van der Waals surface area contributed by atoms with Crippen molar-refractivity contribution in [1.82, 2.24) is 10.4 Å². The SMILES string of the molecule is CN1NC(Cl)CC1Cc1ccccc1. The highest BCUT2D eigenvalue weighted by molar-refractivity contribution is 6.20. The third-order valence-electron chi connectivity index (χ3n) is 2.68. The van der Waals surface area contributed by atoms with Crippen LogP contribution in [0.2, 0.25) is 0 Å². The van der Waals surface area contributed by atoms with Crippen molar-refractivity contribution in [3.63, 3.8) is 0 Å². The molecule has 2 nitrogen and oxygen atoms in total. The molecule has 0 spiro atoms. The van der Waals surface area contributed by atoms with Crippen LogP contribution in [-0.4, -0.2) is 23.6 Å². The van der Waals surface area contributed by atoms with Crippen LogP contribution >= 0.6 is 11.6 Å². The Morgan fingerprint density at radius 2 is 2.14 bits per heavy atom. The van der Waals surface area contributed by atoms with E-state index in [1.165, 1.54) is 5.56 Å². The zero-order chi connectivity index (χ0) is 9.97. The Kier molecular flexibility index (Phi) is 3.06. The molecule has 1 aliphatic rings. The first kappa shape index (κ1) is 9.97. The standard InChI is InChI=1S/C11H15ClN2/c1-14-10(8-11(12)13-14)7-9-5-3-2-4-6-9/h2-6,10-11,13H,7-8H2,1H3. The predicted molar refractivity (Wildman–Crippen MR) is 59.1 cm³/mol. The zero-order valence-electron chi connectivity index (χ0n) is 8.28. The topological polar surface area (TPSA) is 15.3 Å². The van der Waals surface area contributed by atoms with Gasteiger partial charge in [0.2, 0.25) is 0 Å². The van der Waals surface area contributed by atoms with Crippen molar-refractivity contribution in [3.05, 3.63) is 35.9 Å². The number of alkyl halides is 1. The molecule has 1 aliphatic heterocycles. The monoisotopic (exact) mass is 210 g/mol. The number of halogens is 1. The average Bonchev–Trinajstić information content (AvgIpc) is 2.47. The molecule has 2 unspecified atom stereocenters. The lowest BCUT2D eigenvalue weighted by Crippen LogP contribution is -2.35. The minimum atomic E-state index is 0.0914. The van der Waals surface area contributed by atoms with Crippen LogP contribution in [0.15, 0.2) is 30.3 Å². The lowest BCUT2D eigenvalue weighted by atomic mass is 10.0. The maximum atomic E-state index is 6.02. The Labute approximate surface area is 89.8 Å². The molecule has 3 heteroatoms. The van der Waals surface area contributed by atoms with Gasteiger partial charge in [-0.2, -0.15) is 0 Å². The maximum absolute atomic E-state index is 6.02. The predicted octanol–water partition coefficient (Wildman–Crippen LogP) is 2.00. The number of likely N-dealkylation sites (N-methyl/N-ethyl adjacent to an activating group) is 1. The second-order valence-electron chi connectivity index (χ2n) is 3.79. The first-order valence-electron chi connectivity index (χ1n) is 4.92. The molecule has 14 heavy (non-hydrogen) atoms. The van der Waals surface area contributed by atoms with Crippen molar-refractivity contribution in [2.75, 3.05) is 7.05 Å². The Hall–Kier alpha value is -0.570. The second-order valence-corrected chi connectivity index (χ2v) is 4.31. The van der Waals surface area contributed by atoms with Crippen LogP contribution in [0.3, 0.4) is 0 Å². The summed E-state index contributed by atoms with van der Waals surface area (Å²) in [7, 11) is 2.05. The van der Waals surface area contributed by atoms with Crippen molar-refractivity contribution in [1.29, 1.82) is 0 Å². The van der Waals surface area contributed by atoms with Gasteiger partial charge < -0.3 is 0 Å². The van der Waals surface area contributed by atoms with Crippen molar-refractivity contribution < 1.29 is 0 Å². The van der Waals surface area contributed by atoms with E-state index in [0.717, 1.165) is 12.8 Å². The van der Waals surface area contributed by atoms with Crippen LogP contribution in [0.1, 0.15) is 12.0 Å². The van der Waals surface area contributed by atoms with Gasteiger partial charge in [-0.25, -0.2) is 10.4 Å². The number of hydrogen-bond donors (Lipinski definition) is 1. The van der Waals surface area contributed by atoms with E-state index < -0.39 is 0 Å². The fraction of sp³-hybridized carbons (Fsp3) is 0.455. The van der Waals surface area contributed by atoms with Gasteiger partial charge in [0.05, 0.1) is 5.50 Å². The highest BCUT2D eigenvalue weighted by atomic mass is 35.5. The van der Waals surface area contributed by atoms with Crippen molar-refractivity contribution in [2.24, 2.45) is 0 Å². The molecule has 0 amide bonds. The molecule has 76 valence electrons. The van der Waals surface area contributed by atoms with Crippen molar-refractivity contribution >= 4 is 11.6 Å². The molecular weight excluding hydrogens is 196 g/mol. The summed E-state index contributed by atoms with van der Waals surface area (Å²) >= 11 is 6.02. The van der Waals surface area contributed by atoms with Crippen LogP contribution in [0.5, 0.6) is 0 Å². The molecule has 0 saturated carbocycles. The van der Waals surface area contributed by atoms with E-state index in [-0.39, 0.29) is 5.50 Å². The normalized spacial score (nSPS) is 28.1. The molecule has 2 atom stereocenters. The quantitative estimate of drug-likeness (QED) is 0.594. The Balaban J connectivity index is 1.98. The van der Waals surface area contributed by atoms with Gasteiger partial charge in [0, 0.05) is 13.1 Å². The average molecular weight is 211 g/mol. The molecule has 1 N–H and O–H groups in total. The summed E-state index contributed by atoms with van der Waals surface area (Å²) in [6.45, 7) is 0. The van der Waals surface area contributed by atoms with Crippen LogP contribution < -0.4 is 5.43 Å². The fourth-order valence-corrected chi connectivity index (χ4v) is 2.24. The second kappa shape index (κ2) is 4.30. The van der Waals surface area contributed by atoms with Gasteiger partial charge in [-0.3, -0.25) is 0 Å². The highest BCUT2D eigenvalue weighted by Gasteiger charge is 2.27. The summed E-state index contributed by atoms with van der Waals surface area (Å²) in [5, 5.41) is 2.12. The third-order valence-corrected chi connectivity index (χ3v) is 2.96. The molecule has 1 saturated heterocycles. The van der Waals surface area contributed by atoms with Gasteiger partial charge in [0.1, 0.15) is 0 Å². The largest absolute Gasteiger partial charge is 0.243 e. The zero-order valence-corrected chi connectivity index (χ0v) is 9.04. The Bertz CT molecular complexity index is 289. The first-order valence-corrected chi connectivity index (χ1v) is 5.36. The van der Waals surface area contributed by atoms with E-state index in [1.54, 1.807) is 0 Å². The van der Waals surface area contributed by atoms with E-state index in [4.69, 9.17) is 11.6 Å². The first-order chi connectivity index (χ1) is 6.75.